The highest BCUT2D eigenvalue weighted by Gasteiger charge is 2.03. The fourth-order valence-electron chi connectivity index (χ4n) is 1.63. The number of nitrogens with one attached hydrogen (secondary N) is 1. The molecule has 0 aliphatic heterocycles. The zero-order chi connectivity index (χ0) is 10.1. The molecule has 72 valence electrons. The van der Waals surface area contributed by atoms with Crippen molar-refractivity contribution in [3.05, 3.63) is 41.2 Å². The second-order valence-electron chi connectivity index (χ2n) is 3.30. The van der Waals surface area contributed by atoms with Crippen LogP contribution in [0.15, 0.2) is 30.9 Å². The lowest BCUT2D eigenvalue weighted by atomic mass is 10.2. The molecule has 0 bridgehead atoms. The molecule has 0 fully saturated rings. The fourth-order valence-corrected chi connectivity index (χ4v) is 1.91. The fraction of sp³-hybridized carbons (Fsp3) is 0.182. The number of allylic oxidation sites excluding steroid dienone is 1. The Labute approximate surface area is 87.9 Å². The lowest BCUT2D eigenvalue weighted by molar-refractivity contribution is 0.836. The van der Waals surface area contributed by atoms with Crippen LogP contribution in [0.5, 0.6) is 0 Å². The SMILES string of the molecule is C=CCn1c(=S)[nH]c2c(C)cccc21. The maximum absolute atomic E-state index is 5.24. The van der Waals surface area contributed by atoms with Crippen LogP contribution in [0, 0.1) is 11.7 Å². The Morgan fingerprint density at radius 1 is 1.57 bits per heavy atom. The molecular weight excluding hydrogens is 192 g/mol. The lowest BCUT2D eigenvalue weighted by Gasteiger charge is -1.99. The molecule has 0 atom stereocenters. The van der Waals surface area contributed by atoms with Crippen molar-refractivity contribution in [3.8, 4) is 0 Å². The van der Waals surface area contributed by atoms with Gasteiger partial charge in [0, 0.05) is 6.54 Å². The van der Waals surface area contributed by atoms with E-state index in [2.05, 4.69) is 30.6 Å². The van der Waals surface area contributed by atoms with Crippen LogP contribution in [-0.2, 0) is 6.54 Å². The minimum Gasteiger partial charge on any atom is -0.330 e. The number of aromatic nitrogens is 2. The van der Waals surface area contributed by atoms with Gasteiger partial charge in [-0.15, -0.1) is 6.58 Å². The maximum atomic E-state index is 5.24. The Bertz CT molecular complexity index is 534. The molecule has 0 radical (unpaired) electrons. The molecule has 0 spiro atoms. The van der Waals surface area contributed by atoms with Crippen LogP contribution in [-0.4, -0.2) is 9.55 Å². The lowest BCUT2D eigenvalue weighted by Crippen LogP contribution is -1.93. The number of aryl methyl sites for hydroxylation is 1. The standard InChI is InChI=1S/C11H12N2S/c1-3-7-13-9-6-4-5-8(2)10(9)12-11(13)14/h3-6H,1,7H2,2H3,(H,12,14). The highest BCUT2D eigenvalue weighted by atomic mass is 32.1. The van der Waals surface area contributed by atoms with E-state index in [1.54, 1.807) is 0 Å². The molecule has 1 aromatic heterocycles. The molecule has 0 saturated carbocycles. The third kappa shape index (κ3) is 1.30. The van der Waals surface area contributed by atoms with Crippen molar-refractivity contribution in [2.24, 2.45) is 0 Å². The monoisotopic (exact) mass is 204 g/mol. The molecule has 1 N–H and O–H groups in total. The number of H-pyrrole nitrogens is 1. The van der Waals surface area contributed by atoms with Gasteiger partial charge in [-0.05, 0) is 30.8 Å². The summed E-state index contributed by atoms with van der Waals surface area (Å²) < 4.78 is 2.80. The average Bonchev–Trinajstić information content (AvgIpc) is 2.47. The molecule has 0 unspecified atom stereocenters. The van der Waals surface area contributed by atoms with Crippen molar-refractivity contribution in [2.75, 3.05) is 0 Å². The van der Waals surface area contributed by atoms with E-state index in [-0.39, 0.29) is 0 Å². The van der Waals surface area contributed by atoms with E-state index in [1.165, 1.54) is 5.56 Å². The van der Waals surface area contributed by atoms with E-state index in [1.807, 2.05) is 16.7 Å². The number of nitrogens with zero attached hydrogens (tertiary/aromatic N) is 1. The van der Waals surface area contributed by atoms with Crippen molar-refractivity contribution in [1.29, 1.82) is 0 Å². The largest absolute Gasteiger partial charge is 0.330 e. The van der Waals surface area contributed by atoms with Crippen molar-refractivity contribution < 1.29 is 0 Å². The Balaban J connectivity index is 2.83. The highest BCUT2D eigenvalue weighted by Crippen LogP contribution is 2.17. The molecule has 0 saturated heterocycles. The molecule has 3 heteroatoms. The van der Waals surface area contributed by atoms with Gasteiger partial charge in [-0.1, -0.05) is 18.2 Å². The van der Waals surface area contributed by atoms with E-state index in [0.29, 0.717) is 0 Å². The van der Waals surface area contributed by atoms with Crippen molar-refractivity contribution >= 4 is 23.3 Å². The molecule has 0 amide bonds. The van der Waals surface area contributed by atoms with Crippen LogP contribution in [0.25, 0.3) is 11.0 Å². The summed E-state index contributed by atoms with van der Waals surface area (Å²) in [7, 11) is 0. The summed E-state index contributed by atoms with van der Waals surface area (Å²) in [5, 5.41) is 0. The van der Waals surface area contributed by atoms with E-state index in [0.717, 1.165) is 22.3 Å². The number of rotatable bonds is 2. The van der Waals surface area contributed by atoms with Gasteiger partial charge in [-0.25, -0.2) is 0 Å². The van der Waals surface area contributed by atoms with Gasteiger partial charge in [0.15, 0.2) is 4.77 Å². The third-order valence-electron chi connectivity index (χ3n) is 2.33. The van der Waals surface area contributed by atoms with Gasteiger partial charge >= 0.3 is 0 Å². The minimum absolute atomic E-state index is 0.752. The van der Waals surface area contributed by atoms with Crippen LogP contribution >= 0.6 is 12.2 Å². The molecule has 2 rings (SSSR count). The summed E-state index contributed by atoms with van der Waals surface area (Å²) in [6.45, 7) is 6.55. The smallest absolute Gasteiger partial charge is 0.178 e. The van der Waals surface area contributed by atoms with Gasteiger partial charge < -0.3 is 9.55 Å². The molecule has 2 aromatic rings. The van der Waals surface area contributed by atoms with Gasteiger partial charge in [0.2, 0.25) is 0 Å². The first kappa shape index (κ1) is 9.21. The van der Waals surface area contributed by atoms with Crippen LogP contribution in [0.2, 0.25) is 0 Å². The number of imidazole rings is 1. The summed E-state index contributed by atoms with van der Waals surface area (Å²) in [6, 6.07) is 6.18. The molecule has 0 aliphatic rings. The highest BCUT2D eigenvalue weighted by molar-refractivity contribution is 7.71. The molecule has 0 aliphatic carbocycles. The molecule has 2 nitrogen and oxygen atoms in total. The average molecular weight is 204 g/mol. The van der Waals surface area contributed by atoms with E-state index >= 15 is 0 Å². The van der Waals surface area contributed by atoms with Gasteiger partial charge in [-0.2, -0.15) is 0 Å². The van der Waals surface area contributed by atoms with Gasteiger partial charge in [0.25, 0.3) is 0 Å². The van der Waals surface area contributed by atoms with Crippen LogP contribution in [0.3, 0.4) is 0 Å². The van der Waals surface area contributed by atoms with E-state index in [4.69, 9.17) is 12.2 Å². The Kier molecular flexibility index (Phi) is 2.25. The predicted molar refractivity (Wildman–Crippen MR) is 62.1 cm³/mol. The number of hydrogen-bond donors (Lipinski definition) is 1. The Morgan fingerprint density at radius 2 is 2.36 bits per heavy atom. The topological polar surface area (TPSA) is 20.7 Å². The third-order valence-corrected chi connectivity index (χ3v) is 2.65. The van der Waals surface area contributed by atoms with Gasteiger partial charge in [-0.3, -0.25) is 0 Å². The Hall–Kier alpha value is -1.35. The van der Waals surface area contributed by atoms with Crippen molar-refractivity contribution in [3.63, 3.8) is 0 Å². The first-order valence-corrected chi connectivity index (χ1v) is 4.94. The van der Waals surface area contributed by atoms with Crippen LogP contribution in [0.4, 0.5) is 0 Å². The van der Waals surface area contributed by atoms with Gasteiger partial charge in [0.1, 0.15) is 0 Å². The van der Waals surface area contributed by atoms with Gasteiger partial charge in [0.05, 0.1) is 11.0 Å². The second kappa shape index (κ2) is 3.42. The zero-order valence-electron chi connectivity index (χ0n) is 8.08. The van der Waals surface area contributed by atoms with Crippen molar-refractivity contribution in [1.82, 2.24) is 9.55 Å². The second-order valence-corrected chi connectivity index (χ2v) is 3.69. The first-order valence-electron chi connectivity index (χ1n) is 4.53. The van der Waals surface area contributed by atoms with Crippen molar-refractivity contribution in [2.45, 2.75) is 13.5 Å². The van der Waals surface area contributed by atoms with Crippen LogP contribution < -0.4 is 0 Å². The summed E-state index contributed by atoms with van der Waals surface area (Å²) in [5.74, 6) is 0. The Morgan fingerprint density at radius 3 is 3.07 bits per heavy atom. The normalized spacial score (nSPS) is 10.6. The van der Waals surface area contributed by atoms with E-state index in [9.17, 15) is 0 Å². The summed E-state index contributed by atoms with van der Waals surface area (Å²) in [5.41, 5.74) is 3.49. The first-order chi connectivity index (χ1) is 6.74. The van der Waals surface area contributed by atoms with E-state index < -0.39 is 0 Å². The molecule has 14 heavy (non-hydrogen) atoms. The number of aromatic amines is 1. The zero-order valence-corrected chi connectivity index (χ0v) is 8.90. The summed E-state index contributed by atoms with van der Waals surface area (Å²) in [4.78, 5) is 3.21. The maximum Gasteiger partial charge on any atom is 0.178 e. The number of benzene rings is 1. The molecule has 1 aromatic carbocycles. The minimum atomic E-state index is 0.752. The number of fused-ring (bicyclic) bond motifs is 1. The molecular formula is C11H12N2S. The number of para-hydroxylation sites is 1. The molecule has 1 heterocycles. The predicted octanol–water partition coefficient (Wildman–Crippen LogP) is 3.19. The quantitative estimate of drug-likeness (QED) is 0.588. The van der Waals surface area contributed by atoms with Crippen LogP contribution in [0.1, 0.15) is 5.56 Å². The summed E-state index contributed by atoms with van der Waals surface area (Å²) >= 11 is 5.24. The number of hydrogen-bond acceptors (Lipinski definition) is 1. The summed E-state index contributed by atoms with van der Waals surface area (Å²) in [6.07, 6.45) is 1.85.